The first-order chi connectivity index (χ1) is 6.02. The Labute approximate surface area is 83.7 Å². The summed E-state index contributed by atoms with van der Waals surface area (Å²) in [6.07, 6.45) is 1.47. The Kier molecular flexibility index (Phi) is 3.05. The standard InChI is InChI=1S/C7H10BrN3O2/c1-11-7(8)4(3-10-11)5(9)2-6(12)13/h3,5H,2,9H2,1H3,(H,12,13). The molecule has 0 saturated heterocycles. The second-order valence-corrected chi connectivity index (χ2v) is 3.47. The van der Waals surface area contributed by atoms with Gasteiger partial charge in [-0.05, 0) is 15.9 Å². The number of nitrogens with zero attached hydrogens (tertiary/aromatic N) is 2. The van der Waals surface area contributed by atoms with Gasteiger partial charge in [0, 0.05) is 18.7 Å². The summed E-state index contributed by atoms with van der Waals surface area (Å²) >= 11 is 3.27. The van der Waals surface area contributed by atoms with Gasteiger partial charge in [0.05, 0.1) is 12.6 Å². The Bertz CT molecular complexity index is 324. The molecule has 13 heavy (non-hydrogen) atoms. The van der Waals surface area contributed by atoms with Gasteiger partial charge in [-0.1, -0.05) is 0 Å². The van der Waals surface area contributed by atoms with Gasteiger partial charge in [-0.25, -0.2) is 0 Å². The van der Waals surface area contributed by atoms with Gasteiger partial charge in [0.15, 0.2) is 0 Å². The molecule has 0 fully saturated rings. The van der Waals surface area contributed by atoms with E-state index < -0.39 is 12.0 Å². The van der Waals surface area contributed by atoms with Gasteiger partial charge < -0.3 is 10.8 Å². The second kappa shape index (κ2) is 3.89. The minimum atomic E-state index is -0.914. The normalized spacial score (nSPS) is 12.8. The number of nitrogens with two attached hydrogens (primary N) is 1. The highest BCUT2D eigenvalue weighted by atomic mass is 79.9. The summed E-state index contributed by atoms with van der Waals surface area (Å²) in [5.41, 5.74) is 6.36. The summed E-state index contributed by atoms with van der Waals surface area (Å²) in [6, 6.07) is -0.513. The van der Waals surface area contributed by atoms with E-state index in [1.54, 1.807) is 17.9 Å². The van der Waals surface area contributed by atoms with Crippen molar-refractivity contribution in [2.75, 3.05) is 0 Å². The number of hydrogen-bond acceptors (Lipinski definition) is 3. The van der Waals surface area contributed by atoms with Crippen molar-refractivity contribution in [3.8, 4) is 0 Å². The number of aliphatic carboxylic acids is 1. The van der Waals surface area contributed by atoms with E-state index in [9.17, 15) is 4.79 Å². The number of halogens is 1. The van der Waals surface area contributed by atoms with Crippen LogP contribution in [0.15, 0.2) is 10.8 Å². The number of aryl methyl sites for hydroxylation is 1. The zero-order valence-corrected chi connectivity index (χ0v) is 8.65. The van der Waals surface area contributed by atoms with Crippen LogP contribution in [0, 0.1) is 0 Å². The zero-order chi connectivity index (χ0) is 10.0. The van der Waals surface area contributed by atoms with Crippen LogP contribution in [0.25, 0.3) is 0 Å². The van der Waals surface area contributed by atoms with E-state index in [1.807, 2.05) is 0 Å². The molecule has 5 nitrogen and oxygen atoms in total. The third kappa shape index (κ3) is 2.28. The Morgan fingerprint density at radius 3 is 2.92 bits per heavy atom. The van der Waals surface area contributed by atoms with E-state index >= 15 is 0 Å². The minimum Gasteiger partial charge on any atom is -0.481 e. The van der Waals surface area contributed by atoms with Gasteiger partial charge >= 0.3 is 5.97 Å². The monoisotopic (exact) mass is 247 g/mol. The fourth-order valence-electron chi connectivity index (χ4n) is 0.986. The molecule has 0 spiro atoms. The fourth-order valence-corrected chi connectivity index (χ4v) is 1.47. The molecule has 0 aromatic carbocycles. The highest BCUT2D eigenvalue weighted by Gasteiger charge is 2.16. The molecule has 0 radical (unpaired) electrons. The van der Waals surface area contributed by atoms with Crippen LogP contribution in [-0.2, 0) is 11.8 Å². The van der Waals surface area contributed by atoms with Crippen LogP contribution in [0.1, 0.15) is 18.0 Å². The van der Waals surface area contributed by atoms with Crippen LogP contribution in [0.3, 0.4) is 0 Å². The first-order valence-electron chi connectivity index (χ1n) is 3.67. The van der Waals surface area contributed by atoms with Gasteiger partial charge in [-0.2, -0.15) is 5.10 Å². The highest BCUT2D eigenvalue weighted by Crippen LogP contribution is 2.22. The van der Waals surface area contributed by atoms with Crippen molar-refractivity contribution in [2.45, 2.75) is 12.5 Å². The molecule has 1 aromatic rings. The molecule has 6 heteroatoms. The van der Waals surface area contributed by atoms with Crippen molar-refractivity contribution in [2.24, 2.45) is 12.8 Å². The summed E-state index contributed by atoms with van der Waals surface area (Å²) in [5, 5.41) is 12.5. The molecule has 1 heterocycles. The number of carboxylic acid groups (broad SMARTS) is 1. The maximum Gasteiger partial charge on any atom is 0.305 e. The maximum atomic E-state index is 10.4. The number of hydrogen-bond donors (Lipinski definition) is 2. The lowest BCUT2D eigenvalue weighted by Crippen LogP contribution is -2.15. The molecule has 1 rings (SSSR count). The lowest BCUT2D eigenvalue weighted by atomic mass is 10.1. The predicted molar refractivity (Wildman–Crippen MR) is 50.1 cm³/mol. The quantitative estimate of drug-likeness (QED) is 0.823. The third-order valence-electron chi connectivity index (χ3n) is 1.69. The number of carboxylic acids is 1. The summed E-state index contributed by atoms with van der Waals surface area (Å²) in [4.78, 5) is 10.4. The van der Waals surface area contributed by atoms with Crippen LogP contribution >= 0.6 is 15.9 Å². The van der Waals surface area contributed by atoms with E-state index in [0.717, 1.165) is 4.60 Å². The lowest BCUT2D eigenvalue weighted by molar-refractivity contribution is -0.137. The first-order valence-corrected chi connectivity index (χ1v) is 4.46. The van der Waals surface area contributed by atoms with Crippen LogP contribution in [-0.4, -0.2) is 20.9 Å². The molecule has 0 amide bonds. The molecule has 0 aliphatic heterocycles. The Balaban J connectivity index is 2.82. The maximum absolute atomic E-state index is 10.4. The summed E-state index contributed by atoms with van der Waals surface area (Å²) in [6.45, 7) is 0. The fraction of sp³-hybridized carbons (Fsp3) is 0.429. The highest BCUT2D eigenvalue weighted by molar-refractivity contribution is 9.10. The van der Waals surface area contributed by atoms with Gasteiger partial charge in [0.25, 0.3) is 0 Å². The molecule has 0 saturated carbocycles. The topological polar surface area (TPSA) is 81.1 Å². The Hall–Kier alpha value is -0.880. The molecule has 0 bridgehead atoms. The number of aromatic nitrogens is 2. The van der Waals surface area contributed by atoms with Crippen molar-refractivity contribution >= 4 is 21.9 Å². The molecule has 72 valence electrons. The van der Waals surface area contributed by atoms with E-state index in [0.29, 0.717) is 5.56 Å². The zero-order valence-electron chi connectivity index (χ0n) is 7.07. The van der Waals surface area contributed by atoms with Crippen LogP contribution < -0.4 is 5.73 Å². The van der Waals surface area contributed by atoms with Gasteiger partial charge in [-0.3, -0.25) is 9.48 Å². The number of rotatable bonds is 3. The predicted octanol–water partition coefficient (Wildman–Crippen LogP) is 0.657. The SMILES string of the molecule is Cn1ncc(C(N)CC(=O)O)c1Br. The summed E-state index contributed by atoms with van der Waals surface area (Å²) in [7, 11) is 1.75. The molecule has 0 aliphatic rings. The van der Waals surface area contributed by atoms with E-state index in [1.165, 1.54) is 0 Å². The largest absolute Gasteiger partial charge is 0.481 e. The molecule has 1 aromatic heterocycles. The van der Waals surface area contributed by atoms with Gasteiger partial charge in [-0.15, -0.1) is 0 Å². The smallest absolute Gasteiger partial charge is 0.305 e. The average Bonchev–Trinajstić information content (AvgIpc) is 2.31. The van der Waals surface area contributed by atoms with Crippen LogP contribution in [0.5, 0.6) is 0 Å². The van der Waals surface area contributed by atoms with Crippen LogP contribution in [0.4, 0.5) is 0 Å². The van der Waals surface area contributed by atoms with Crippen LogP contribution in [0.2, 0.25) is 0 Å². The number of carbonyl (C=O) groups is 1. The van der Waals surface area contributed by atoms with E-state index in [-0.39, 0.29) is 6.42 Å². The molecule has 3 N–H and O–H groups in total. The van der Waals surface area contributed by atoms with Crippen molar-refractivity contribution in [3.05, 3.63) is 16.4 Å². The van der Waals surface area contributed by atoms with Crippen molar-refractivity contribution < 1.29 is 9.90 Å². The van der Waals surface area contributed by atoms with Crippen molar-refractivity contribution in [1.29, 1.82) is 0 Å². The molecular weight excluding hydrogens is 238 g/mol. The van der Waals surface area contributed by atoms with E-state index in [4.69, 9.17) is 10.8 Å². The summed E-state index contributed by atoms with van der Waals surface area (Å²) < 4.78 is 2.32. The Morgan fingerprint density at radius 2 is 2.54 bits per heavy atom. The molecular formula is C7H10BrN3O2. The van der Waals surface area contributed by atoms with Crippen molar-refractivity contribution in [1.82, 2.24) is 9.78 Å². The Morgan fingerprint density at radius 1 is 1.92 bits per heavy atom. The average molecular weight is 248 g/mol. The minimum absolute atomic E-state index is 0.0930. The molecule has 0 aliphatic carbocycles. The summed E-state index contributed by atoms with van der Waals surface area (Å²) in [5.74, 6) is -0.914. The van der Waals surface area contributed by atoms with E-state index in [2.05, 4.69) is 21.0 Å². The first kappa shape index (κ1) is 10.2. The van der Waals surface area contributed by atoms with Gasteiger partial charge in [0.2, 0.25) is 0 Å². The molecule has 1 unspecified atom stereocenters. The van der Waals surface area contributed by atoms with Gasteiger partial charge in [0.1, 0.15) is 4.60 Å². The van der Waals surface area contributed by atoms with Crippen molar-refractivity contribution in [3.63, 3.8) is 0 Å². The lowest BCUT2D eigenvalue weighted by Gasteiger charge is -2.06. The molecule has 1 atom stereocenters. The third-order valence-corrected chi connectivity index (χ3v) is 2.66. The second-order valence-electron chi connectivity index (χ2n) is 2.72.